The SMILES string of the molecule is C=CC(=O)N1CCN(c2nc(=O)n3c4nc(c(F)cc24)-c2c(F)cccc2OCC/C=C\C(/C=C\N=C)=C3C(C)C)[C@@H](C)C1. The van der Waals surface area contributed by atoms with Gasteiger partial charge < -0.3 is 14.5 Å². The maximum atomic E-state index is 16.1. The number of fused-ring (bicyclic) bond motifs is 3. The number of ether oxygens (including phenoxy) is 1. The van der Waals surface area contributed by atoms with Crippen LogP contribution in [0, 0.1) is 17.6 Å². The van der Waals surface area contributed by atoms with Crippen LogP contribution < -0.4 is 15.3 Å². The fourth-order valence-electron chi connectivity index (χ4n) is 5.70. The number of nitrogens with zero attached hydrogens (tertiary/aromatic N) is 6. The lowest BCUT2D eigenvalue weighted by atomic mass is 10.0. The molecule has 44 heavy (non-hydrogen) atoms. The number of hydrogen-bond acceptors (Lipinski definition) is 7. The molecule has 4 heterocycles. The topological polar surface area (TPSA) is 92.9 Å². The van der Waals surface area contributed by atoms with E-state index in [4.69, 9.17) is 4.74 Å². The Morgan fingerprint density at radius 1 is 1.20 bits per heavy atom. The van der Waals surface area contributed by atoms with E-state index in [1.807, 2.05) is 37.8 Å². The third-order valence-corrected chi connectivity index (χ3v) is 7.68. The van der Waals surface area contributed by atoms with E-state index in [1.165, 1.54) is 35.0 Å². The summed E-state index contributed by atoms with van der Waals surface area (Å²) in [5.74, 6) is -1.57. The highest BCUT2D eigenvalue weighted by molar-refractivity contribution is 5.92. The molecule has 2 bridgehead atoms. The number of anilines is 1. The molecular weight excluding hydrogens is 566 g/mol. The van der Waals surface area contributed by atoms with Crippen LogP contribution in [0.25, 0.3) is 28.0 Å². The Labute approximate surface area is 254 Å². The van der Waals surface area contributed by atoms with Gasteiger partial charge in [0.15, 0.2) is 11.5 Å². The van der Waals surface area contributed by atoms with Crippen LogP contribution in [0.3, 0.4) is 0 Å². The van der Waals surface area contributed by atoms with Gasteiger partial charge in [0.05, 0.1) is 17.6 Å². The zero-order valence-corrected chi connectivity index (χ0v) is 25.0. The van der Waals surface area contributed by atoms with Crippen molar-refractivity contribution < 1.29 is 18.3 Å². The Morgan fingerprint density at radius 2 is 2.00 bits per heavy atom. The minimum atomic E-state index is -0.798. The Morgan fingerprint density at radius 3 is 2.70 bits per heavy atom. The maximum absolute atomic E-state index is 16.1. The molecule has 0 spiro atoms. The average Bonchev–Trinajstić information content (AvgIpc) is 3.00. The van der Waals surface area contributed by atoms with Crippen LogP contribution in [0.5, 0.6) is 5.75 Å². The van der Waals surface area contributed by atoms with Gasteiger partial charge in [0.25, 0.3) is 0 Å². The van der Waals surface area contributed by atoms with E-state index in [0.29, 0.717) is 37.3 Å². The molecule has 2 aromatic heterocycles. The van der Waals surface area contributed by atoms with Crippen molar-refractivity contribution in [1.29, 1.82) is 0 Å². The number of piperazine rings is 1. The third kappa shape index (κ3) is 5.69. The summed E-state index contributed by atoms with van der Waals surface area (Å²) in [7, 11) is 0. The highest BCUT2D eigenvalue weighted by Crippen LogP contribution is 2.37. The molecule has 0 radical (unpaired) electrons. The van der Waals surface area contributed by atoms with E-state index in [-0.39, 0.29) is 58.3 Å². The number of aromatic nitrogens is 3. The van der Waals surface area contributed by atoms with Crippen molar-refractivity contribution in [2.75, 3.05) is 31.1 Å². The summed E-state index contributed by atoms with van der Waals surface area (Å²) in [6, 6.07) is 5.25. The second-order valence-corrected chi connectivity index (χ2v) is 10.9. The summed E-state index contributed by atoms with van der Waals surface area (Å²) in [5.41, 5.74) is 0.239. The molecule has 0 N–H and O–H groups in total. The van der Waals surface area contributed by atoms with Crippen molar-refractivity contribution in [3.8, 4) is 17.0 Å². The molecular formula is C33H34F2N6O3. The quantitative estimate of drug-likeness (QED) is 0.289. The normalized spacial score (nSPS) is 18.1. The summed E-state index contributed by atoms with van der Waals surface area (Å²) in [5, 5.41) is 0.266. The molecule has 2 aliphatic heterocycles. The molecule has 3 aromatic rings. The lowest BCUT2D eigenvalue weighted by Crippen LogP contribution is -2.54. The summed E-state index contributed by atoms with van der Waals surface area (Å²) in [4.78, 5) is 42.9. The van der Waals surface area contributed by atoms with E-state index < -0.39 is 17.3 Å². The predicted octanol–water partition coefficient (Wildman–Crippen LogP) is 5.38. The first kappa shape index (κ1) is 30.5. The van der Waals surface area contributed by atoms with Crippen LogP contribution in [0.15, 0.2) is 76.7 Å². The molecule has 0 saturated carbocycles. The molecule has 1 aromatic carbocycles. The van der Waals surface area contributed by atoms with Crippen molar-refractivity contribution in [2.45, 2.75) is 33.2 Å². The summed E-state index contributed by atoms with van der Waals surface area (Å²) in [6.45, 7) is 14.1. The first-order chi connectivity index (χ1) is 21.2. The Balaban J connectivity index is 1.87. The Hall–Kier alpha value is -4.93. The Bertz CT molecular complexity index is 1790. The molecule has 5 rings (SSSR count). The molecule has 0 unspecified atom stereocenters. The first-order valence-corrected chi connectivity index (χ1v) is 14.4. The van der Waals surface area contributed by atoms with Gasteiger partial charge in [0.1, 0.15) is 23.1 Å². The van der Waals surface area contributed by atoms with Crippen LogP contribution in [0.1, 0.15) is 27.2 Å². The second-order valence-electron chi connectivity index (χ2n) is 10.9. The van der Waals surface area contributed by atoms with Crippen molar-refractivity contribution in [3.63, 3.8) is 0 Å². The van der Waals surface area contributed by atoms with Gasteiger partial charge in [0.2, 0.25) is 5.91 Å². The van der Waals surface area contributed by atoms with E-state index in [1.54, 1.807) is 17.0 Å². The summed E-state index contributed by atoms with van der Waals surface area (Å²) in [6.07, 6.45) is 8.68. The zero-order valence-electron chi connectivity index (χ0n) is 25.0. The number of carbonyl (C=O) groups is 1. The van der Waals surface area contributed by atoms with E-state index in [0.717, 1.165) is 0 Å². The number of allylic oxidation sites excluding steroid dienone is 4. The minimum absolute atomic E-state index is 0.108. The largest absolute Gasteiger partial charge is 0.492 e. The van der Waals surface area contributed by atoms with Gasteiger partial charge in [-0.3, -0.25) is 9.79 Å². The number of benzene rings is 1. The number of pyridine rings is 1. The van der Waals surface area contributed by atoms with E-state index in [2.05, 4.69) is 28.3 Å². The number of halogens is 2. The molecule has 9 nitrogen and oxygen atoms in total. The van der Waals surface area contributed by atoms with Gasteiger partial charge in [-0.05, 0) is 61.9 Å². The van der Waals surface area contributed by atoms with Crippen LogP contribution in [0.2, 0.25) is 0 Å². The maximum Gasteiger partial charge on any atom is 0.355 e. The van der Waals surface area contributed by atoms with Gasteiger partial charge in [-0.1, -0.05) is 38.6 Å². The van der Waals surface area contributed by atoms with Crippen molar-refractivity contribution in [2.24, 2.45) is 10.9 Å². The number of hydrogen-bond donors (Lipinski definition) is 0. The van der Waals surface area contributed by atoms with Crippen LogP contribution in [0.4, 0.5) is 14.6 Å². The number of rotatable bonds is 5. The fourth-order valence-corrected chi connectivity index (χ4v) is 5.70. The first-order valence-electron chi connectivity index (χ1n) is 14.4. The molecule has 11 heteroatoms. The van der Waals surface area contributed by atoms with Gasteiger partial charge in [0, 0.05) is 37.6 Å². The number of aliphatic imine (C=N–C) groups is 1. The zero-order chi connectivity index (χ0) is 31.5. The van der Waals surface area contributed by atoms with Crippen molar-refractivity contribution >= 4 is 35.2 Å². The van der Waals surface area contributed by atoms with E-state index in [9.17, 15) is 9.59 Å². The average molecular weight is 601 g/mol. The van der Waals surface area contributed by atoms with Crippen LogP contribution in [-0.2, 0) is 4.79 Å². The smallest absolute Gasteiger partial charge is 0.355 e. The molecule has 228 valence electrons. The van der Waals surface area contributed by atoms with Gasteiger partial charge >= 0.3 is 5.69 Å². The number of carbonyl (C=O) groups excluding carboxylic acids is 1. The van der Waals surface area contributed by atoms with Crippen molar-refractivity contribution in [1.82, 2.24) is 19.4 Å². The molecule has 0 aliphatic carbocycles. The highest BCUT2D eigenvalue weighted by Gasteiger charge is 2.31. The summed E-state index contributed by atoms with van der Waals surface area (Å²) >= 11 is 0. The Kier molecular flexibility index (Phi) is 8.84. The lowest BCUT2D eigenvalue weighted by Gasteiger charge is -2.40. The van der Waals surface area contributed by atoms with Gasteiger partial charge in [-0.15, -0.1) is 0 Å². The third-order valence-electron chi connectivity index (χ3n) is 7.68. The second kappa shape index (κ2) is 12.7. The number of amides is 1. The fraction of sp³-hybridized carbons (Fsp3) is 0.303. The summed E-state index contributed by atoms with van der Waals surface area (Å²) < 4.78 is 38.8. The molecule has 1 fully saturated rings. The highest BCUT2D eigenvalue weighted by atomic mass is 19.1. The van der Waals surface area contributed by atoms with Crippen LogP contribution in [-0.4, -0.2) is 64.3 Å². The standard InChI is InChI=1S/C33H34F2N6O3/c1-6-27(42)39-15-16-40(21(4)19-39)31-23-18-25(35)29-28-24(34)11-9-12-26(28)44-17-8-7-10-22(13-14-36-5)30(20(2)3)41(32(23)37-29)33(43)38-31/h6-7,9-14,18,20-21H,1,5,8,15-17,19H2,2-4H3/b10-7-,14-13-,30-22?/t21-/m0/s1. The molecule has 1 saturated heterocycles. The predicted molar refractivity (Wildman–Crippen MR) is 169 cm³/mol. The molecule has 1 amide bonds. The molecule has 2 aliphatic rings. The molecule has 1 atom stereocenters. The van der Waals surface area contributed by atoms with Gasteiger partial charge in [-0.25, -0.2) is 23.1 Å². The van der Waals surface area contributed by atoms with Crippen molar-refractivity contribution in [3.05, 3.63) is 89.0 Å². The van der Waals surface area contributed by atoms with E-state index >= 15 is 8.78 Å². The van der Waals surface area contributed by atoms with Gasteiger partial charge in [-0.2, -0.15) is 4.98 Å². The van der Waals surface area contributed by atoms with Crippen LogP contribution >= 0.6 is 0 Å². The monoisotopic (exact) mass is 600 g/mol. The lowest BCUT2D eigenvalue weighted by molar-refractivity contribution is -0.126. The minimum Gasteiger partial charge on any atom is -0.492 e.